The van der Waals surface area contributed by atoms with Gasteiger partial charge in [0, 0.05) is 69.9 Å². The SMILES string of the molecule is Cc1cc(C)c(C)c(C)c1.Cc1ccc(C)cc1.Cc1cccc(C)c1C.Cc1ccccc1.Cc1ccccc1C.[2H]C([2H])([2H])C(C([2H])([2H])[2H])(C([2H])([2H])[2H])C([2H])([2H])C.[2H]C([2H])([2H])C(C)C([2H])([2H])[2H].[2H]C([2H])([2H])C(CC)(C([2H])([2H])[2H])C([2H])([2H])[2H].[2H]C([2H])([2H])C(CC)C([2H])([2H])[2H].[2H]C([2H])([2H])C([2H])(C([2H])([2H])[2H])C([2H])([2H])C.[2H]C([2H])([2H])C([2H])(CC)C([2H])([2H])[2H].[2H]C([2H])([2H])CC. The molecule has 0 saturated carbocycles. The van der Waals surface area contributed by atoms with Gasteiger partial charge in [0.25, 0.3) is 0 Å². The van der Waals surface area contributed by atoms with Crippen molar-refractivity contribution in [2.75, 3.05) is 0 Å². The van der Waals surface area contributed by atoms with Gasteiger partial charge >= 0.3 is 0 Å². The standard InChI is InChI=1S/C10H14.C9H12.2C8H10.C7H8.2C6H14.3C5H12.C4H10.C3H8/c1-7-5-8(2)10(4)9(3)6-7;1-7-5-4-6-8(2)9(7)3;1-7-3-5-8(2)6-4-7;1-7-5-3-4-6-8(7)2;1-7-5-3-2-4-6-7;2*1-5-6(2,3)4;3*1-4-5(2)3;1-4(2)3;1-3-2/h5-6H,1-4H3;4-6H,1-3H3;2*3-6H,1-2H3;2-6H,1H3;2*5H2,1-4H3;3*5H,4H2,1-3H3;4H,1-3H3;3H2,1-2H3/i;;;;;2D3,3D3,4D3,5D2;2D3,3D3,4D3;2D3,3D3,4D2,5D;2D3,3D3,5D;2D3,3D3;1D3,2D3;1D3. The number of benzene rings is 5. The van der Waals surface area contributed by atoms with Crippen molar-refractivity contribution in [2.24, 2.45) is 34.5 Å². The predicted octanol–water partition coefficient (Wildman–Crippen LogP) is 26.3. The predicted molar refractivity (Wildman–Crippen MR) is 360 cm³/mol. The molecule has 0 unspecified atom stereocenters. The summed E-state index contributed by atoms with van der Waals surface area (Å²) in [7, 11) is 0. The van der Waals surface area contributed by atoms with Gasteiger partial charge in [-0.15, -0.1) is 0 Å². The molecule has 0 radical (unpaired) electrons. The van der Waals surface area contributed by atoms with Crippen LogP contribution in [0.2, 0.25) is 0 Å². The zero-order chi connectivity index (χ0) is 104. The van der Waals surface area contributed by atoms with Gasteiger partial charge in [0.1, 0.15) is 0 Å². The number of hydrogen-bond acceptors (Lipinski definition) is 0. The van der Waals surface area contributed by atoms with E-state index in [1.165, 1.54) is 87.5 Å². The molecule has 0 aliphatic rings. The van der Waals surface area contributed by atoms with E-state index in [4.69, 9.17) is 69.9 Å². The Labute approximate surface area is 553 Å². The topological polar surface area (TPSA) is 0 Å². The molecule has 76 heavy (non-hydrogen) atoms. The van der Waals surface area contributed by atoms with E-state index in [2.05, 4.69) is 174 Å². The van der Waals surface area contributed by atoms with Gasteiger partial charge in [-0.2, -0.15) is 0 Å². The first-order valence-electron chi connectivity index (χ1n) is 50.5. The maximum atomic E-state index is 7.39. The molecule has 0 N–H and O–H groups in total. The van der Waals surface area contributed by atoms with Crippen LogP contribution in [0, 0.1) is 118 Å². The Bertz CT molecular complexity index is 3570. The number of hydrogen-bond donors (Lipinski definition) is 0. The first kappa shape index (κ1) is 27.0. The average Bonchev–Trinajstić information content (AvgIpc) is 0.712. The van der Waals surface area contributed by atoms with Crippen LogP contribution in [-0.4, -0.2) is 0 Å². The van der Waals surface area contributed by atoms with E-state index in [-0.39, 0.29) is 19.3 Å². The lowest BCUT2D eigenvalue weighted by Gasteiger charge is -2.12. The molecule has 0 heteroatoms. The van der Waals surface area contributed by atoms with Crippen molar-refractivity contribution in [2.45, 2.75) is 273 Å². The van der Waals surface area contributed by atoms with Gasteiger partial charge in [0.2, 0.25) is 0 Å². The highest BCUT2D eigenvalue weighted by Gasteiger charge is 2.04. The Morgan fingerprint density at radius 1 is 0.408 bits per heavy atom. The molecule has 440 valence electrons. The van der Waals surface area contributed by atoms with Gasteiger partial charge in [-0.1, -0.05) is 321 Å². The Balaban J connectivity index is -0.000000250. The quantitative estimate of drug-likeness (QED) is 0.169. The fraction of sp³-hybridized carbons (Fsp3) is 0.605. The minimum absolute atomic E-state index is 0.160. The molecule has 0 fully saturated rings. The van der Waals surface area contributed by atoms with Gasteiger partial charge < -0.3 is 0 Å². The van der Waals surface area contributed by atoms with Crippen molar-refractivity contribution in [3.63, 3.8) is 0 Å². The van der Waals surface area contributed by atoms with Crippen LogP contribution < -0.4 is 0 Å². The molecule has 5 aromatic rings. The van der Waals surface area contributed by atoms with Crippen molar-refractivity contribution in [1.29, 1.82) is 0 Å². The third-order valence-electron chi connectivity index (χ3n) is 9.45. The second-order valence-corrected chi connectivity index (χ2v) is 17.2. The van der Waals surface area contributed by atoms with E-state index in [0.717, 1.165) is 6.92 Å². The maximum absolute atomic E-state index is 7.39. The second-order valence-electron chi connectivity index (χ2n) is 17.2. The molecule has 0 bridgehead atoms. The van der Waals surface area contributed by atoms with Crippen molar-refractivity contribution in [3.05, 3.63) is 176 Å². The first-order chi connectivity index (χ1) is 55.3. The zero-order valence-corrected chi connectivity index (χ0v) is 49.9. The van der Waals surface area contributed by atoms with E-state index < -0.39 is 156 Å². The molecule has 0 heterocycles. The van der Waals surface area contributed by atoms with Crippen LogP contribution >= 0.6 is 0 Å². The molecular weight excluding hydrogens is 913 g/mol. The molecule has 0 aliphatic carbocycles. The van der Waals surface area contributed by atoms with Crippen molar-refractivity contribution in [3.8, 4) is 0 Å². The molecule has 0 atom stereocenters. The van der Waals surface area contributed by atoms with Crippen molar-refractivity contribution >= 4 is 0 Å². The molecule has 0 nitrogen and oxygen atoms in total. The lowest BCUT2D eigenvalue weighted by Crippen LogP contribution is -2.00. The summed E-state index contributed by atoms with van der Waals surface area (Å²) in [5.74, 6) is -7.86. The smallest absolute Gasteiger partial charge is 0.0297 e. The summed E-state index contributed by atoms with van der Waals surface area (Å²) >= 11 is 0. The highest BCUT2D eigenvalue weighted by atomic mass is 14.1. The average molecular weight is 1100 g/mol. The fourth-order valence-electron chi connectivity index (χ4n) is 3.98. The van der Waals surface area contributed by atoms with Crippen molar-refractivity contribution in [1.82, 2.24) is 0 Å². The molecule has 0 saturated heterocycles. The molecule has 5 aromatic carbocycles. The minimum atomic E-state index is -3.48. The van der Waals surface area contributed by atoms with Gasteiger partial charge in [-0.3, -0.25) is 0 Å². The minimum Gasteiger partial charge on any atom is -0.0656 e. The van der Waals surface area contributed by atoms with E-state index in [1.807, 2.05) is 18.2 Å². The Hall–Kier alpha value is -3.90. The molecular formula is C76H136. The van der Waals surface area contributed by atoms with Gasteiger partial charge in [0.15, 0.2) is 0 Å². The molecule has 0 aliphatic heterocycles. The molecule has 0 aromatic heterocycles. The second kappa shape index (κ2) is 54.5. The van der Waals surface area contributed by atoms with Gasteiger partial charge in [0.05, 0.1) is 0 Å². The number of rotatable bonds is 3. The van der Waals surface area contributed by atoms with Gasteiger partial charge in [-0.05, 0) is 162 Å². The summed E-state index contributed by atoms with van der Waals surface area (Å²) in [4.78, 5) is 0. The first-order valence-corrected chi connectivity index (χ1v) is 25.0. The maximum Gasteiger partial charge on any atom is 0.0297 e. The van der Waals surface area contributed by atoms with Crippen LogP contribution in [0.1, 0.15) is 326 Å². The molecule has 0 spiro atoms. The molecule has 0 amide bonds. The highest BCUT2D eigenvalue weighted by molar-refractivity contribution is 5.36. The Morgan fingerprint density at radius 3 is 0.961 bits per heavy atom. The van der Waals surface area contributed by atoms with Crippen LogP contribution in [0.25, 0.3) is 0 Å². The lowest BCUT2D eigenvalue weighted by molar-refractivity contribution is 0.397. The number of aryl methyl sites for hydroxylation is 10. The van der Waals surface area contributed by atoms with Gasteiger partial charge in [-0.25, -0.2) is 0 Å². The van der Waals surface area contributed by atoms with Crippen LogP contribution in [-0.2, 0) is 0 Å². The summed E-state index contributed by atoms with van der Waals surface area (Å²) in [6, 6.07) is 37.9. The normalized spacial score (nSPS) is 22.8. The molecule has 5 rings (SSSR count). The monoisotopic (exact) mass is 1100 g/mol. The van der Waals surface area contributed by atoms with Crippen LogP contribution in [0.4, 0.5) is 0 Å². The third-order valence-corrected chi connectivity index (χ3v) is 9.45. The van der Waals surface area contributed by atoms with Crippen LogP contribution in [0.3, 0.4) is 0 Å². The Morgan fingerprint density at radius 2 is 0.789 bits per heavy atom. The summed E-state index contributed by atoms with van der Waals surface area (Å²) in [6.45, 7) is -8.53. The summed E-state index contributed by atoms with van der Waals surface area (Å²) < 4.78 is 358. The highest BCUT2D eigenvalue weighted by Crippen LogP contribution is 2.17. The zero-order valence-electron chi connectivity index (χ0n) is 101. The largest absolute Gasteiger partial charge is 0.0656 e. The third kappa shape index (κ3) is 74.3. The van der Waals surface area contributed by atoms with Crippen LogP contribution in [0.5, 0.6) is 0 Å². The van der Waals surface area contributed by atoms with E-state index in [1.54, 1.807) is 13.8 Å². The summed E-state index contributed by atoms with van der Waals surface area (Å²) in [6.07, 6.45) is -5.78. The van der Waals surface area contributed by atoms with E-state index in [0.29, 0.717) is 6.92 Å². The van der Waals surface area contributed by atoms with Crippen LogP contribution in [0.15, 0.2) is 109 Å². The summed E-state index contributed by atoms with van der Waals surface area (Å²) in [5.41, 5.74) is 10.4. The van der Waals surface area contributed by atoms with Crippen molar-refractivity contribution < 1.29 is 69.9 Å². The van der Waals surface area contributed by atoms with E-state index >= 15 is 0 Å². The fourth-order valence-corrected chi connectivity index (χ4v) is 3.98. The summed E-state index contributed by atoms with van der Waals surface area (Å²) in [5, 5.41) is 0. The van der Waals surface area contributed by atoms with E-state index in [9.17, 15) is 0 Å². The Kier molecular flexibility index (Phi) is 19.4. The lowest BCUT2D eigenvalue weighted by atomic mass is 9.94.